The summed E-state index contributed by atoms with van der Waals surface area (Å²) in [6.07, 6.45) is 1.60. The molecule has 0 bridgehead atoms. The first-order valence-electron chi connectivity index (χ1n) is 12.0. The summed E-state index contributed by atoms with van der Waals surface area (Å²) in [5, 5.41) is 6.37. The molecule has 0 fully saturated rings. The fraction of sp³-hybridized carbons (Fsp3) is 0.0333. The lowest BCUT2D eigenvalue weighted by Gasteiger charge is -2.10. The summed E-state index contributed by atoms with van der Waals surface area (Å²) in [5.74, 6) is 1.37. The number of rotatable bonds is 6. The molecule has 0 spiro atoms. The second-order valence-electron chi connectivity index (χ2n) is 8.82. The van der Waals surface area contributed by atoms with Gasteiger partial charge in [-0.3, -0.25) is 4.79 Å². The number of hydrogen-bond donors (Lipinski definition) is 0. The van der Waals surface area contributed by atoms with Gasteiger partial charge in [-0.25, -0.2) is 4.98 Å². The van der Waals surface area contributed by atoms with Gasteiger partial charge in [-0.2, -0.15) is 9.78 Å². The van der Waals surface area contributed by atoms with Crippen molar-refractivity contribution >= 4 is 87.5 Å². The number of para-hydroxylation sites is 1. The van der Waals surface area contributed by atoms with E-state index in [1.54, 1.807) is 48.7 Å². The Kier molecular flexibility index (Phi) is 7.63. The molecule has 6 rings (SSSR count). The summed E-state index contributed by atoms with van der Waals surface area (Å²) in [5.41, 5.74) is 2.64. The van der Waals surface area contributed by atoms with Crippen molar-refractivity contribution in [3.05, 3.63) is 125 Å². The molecule has 0 aliphatic heterocycles. The van der Waals surface area contributed by atoms with Crippen LogP contribution in [-0.2, 0) is 6.61 Å². The third kappa shape index (κ3) is 5.51. The van der Waals surface area contributed by atoms with E-state index >= 15 is 0 Å². The van der Waals surface area contributed by atoms with Crippen LogP contribution in [0.15, 0.2) is 113 Å². The Morgan fingerprint density at radius 3 is 2.62 bits per heavy atom. The van der Waals surface area contributed by atoms with E-state index in [-0.39, 0.29) is 11.4 Å². The maximum absolute atomic E-state index is 13.5. The molecule has 2 heterocycles. The van der Waals surface area contributed by atoms with Gasteiger partial charge in [-0.15, -0.1) is 0 Å². The van der Waals surface area contributed by atoms with E-state index in [1.165, 1.54) is 4.68 Å². The minimum atomic E-state index is -0.311. The fourth-order valence-corrected chi connectivity index (χ4v) is 6.00. The van der Waals surface area contributed by atoms with Crippen molar-refractivity contribution in [3.8, 4) is 17.3 Å². The summed E-state index contributed by atoms with van der Waals surface area (Å²) in [6.45, 7) is 0.393. The quantitative estimate of drug-likeness (QED) is 0.160. The molecule has 6 nitrogen and oxygen atoms in total. The van der Waals surface area contributed by atoms with E-state index in [4.69, 9.17) is 25.7 Å². The van der Waals surface area contributed by atoms with Crippen LogP contribution < -0.4 is 10.3 Å². The first-order valence-corrected chi connectivity index (χ1v) is 14.7. The molecular formula is C30H17Br3ClN3O3. The topological polar surface area (TPSA) is 69.6 Å². The predicted molar refractivity (Wildman–Crippen MR) is 170 cm³/mol. The Morgan fingerprint density at radius 1 is 0.950 bits per heavy atom. The number of benzene rings is 4. The summed E-state index contributed by atoms with van der Waals surface area (Å²) in [6, 6.07) is 25.8. The van der Waals surface area contributed by atoms with E-state index < -0.39 is 0 Å². The Balaban J connectivity index is 1.34. The molecule has 4 aromatic carbocycles. The van der Waals surface area contributed by atoms with Gasteiger partial charge in [0.2, 0.25) is 5.82 Å². The second kappa shape index (κ2) is 11.3. The highest BCUT2D eigenvalue weighted by molar-refractivity contribution is 9.11. The van der Waals surface area contributed by atoms with Gasteiger partial charge in [0.1, 0.15) is 17.9 Å². The fourth-order valence-electron chi connectivity index (χ4n) is 4.15. The second-order valence-corrected chi connectivity index (χ2v) is 11.9. The van der Waals surface area contributed by atoms with Crippen molar-refractivity contribution in [2.45, 2.75) is 6.61 Å². The predicted octanol–water partition coefficient (Wildman–Crippen LogP) is 9.21. The van der Waals surface area contributed by atoms with Crippen LogP contribution >= 0.6 is 59.4 Å². The van der Waals surface area contributed by atoms with Crippen LogP contribution in [0.4, 0.5) is 0 Å². The van der Waals surface area contributed by atoms with Crippen LogP contribution in [-0.4, -0.2) is 15.9 Å². The summed E-state index contributed by atoms with van der Waals surface area (Å²) in [4.78, 5) is 18.2. The molecule has 0 unspecified atom stereocenters. The van der Waals surface area contributed by atoms with Crippen LogP contribution in [0.25, 0.3) is 33.5 Å². The zero-order chi connectivity index (χ0) is 27.8. The molecular weight excluding hydrogens is 726 g/mol. The summed E-state index contributed by atoms with van der Waals surface area (Å²) in [7, 11) is 0. The van der Waals surface area contributed by atoms with Gasteiger partial charge in [0.05, 0.1) is 21.6 Å². The van der Waals surface area contributed by atoms with Crippen LogP contribution in [0.1, 0.15) is 11.1 Å². The highest BCUT2D eigenvalue weighted by atomic mass is 79.9. The van der Waals surface area contributed by atoms with Gasteiger partial charge >= 0.3 is 0 Å². The molecule has 0 amide bonds. The monoisotopic (exact) mass is 739 g/mol. The Bertz CT molecular complexity index is 2000. The largest absolute Gasteiger partial charge is 0.488 e. The number of hydrogen-bond acceptors (Lipinski definition) is 5. The minimum Gasteiger partial charge on any atom is -0.488 e. The van der Waals surface area contributed by atoms with Gasteiger partial charge in [0.25, 0.3) is 5.56 Å². The van der Waals surface area contributed by atoms with Crippen LogP contribution in [0.3, 0.4) is 0 Å². The van der Waals surface area contributed by atoms with Crippen LogP contribution in [0.5, 0.6) is 5.75 Å². The SMILES string of the molecule is O=c1c2ccccc2nc(-c2cc3cc(Cl)ccc3o2)n1N=Cc1ccc(OCc2ccc(Br)cc2Br)c(Br)c1. The number of fused-ring (bicyclic) bond motifs is 2. The number of aromatic nitrogens is 2. The van der Waals surface area contributed by atoms with E-state index in [1.807, 2.05) is 42.5 Å². The minimum absolute atomic E-state index is 0.284. The maximum atomic E-state index is 13.5. The number of furan rings is 1. The molecule has 6 aromatic rings. The van der Waals surface area contributed by atoms with Crippen molar-refractivity contribution in [1.82, 2.24) is 9.66 Å². The first kappa shape index (κ1) is 27.0. The van der Waals surface area contributed by atoms with Crippen molar-refractivity contribution < 1.29 is 9.15 Å². The molecule has 0 saturated heterocycles. The third-order valence-corrected chi connectivity index (χ3v) is 8.22. The first-order chi connectivity index (χ1) is 19.4. The molecule has 0 aliphatic carbocycles. The number of ether oxygens (including phenoxy) is 1. The van der Waals surface area contributed by atoms with Crippen LogP contribution in [0.2, 0.25) is 5.02 Å². The molecule has 10 heteroatoms. The summed E-state index contributed by atoms with van der Waals surface area (Å²) < 4.78 is 16.0. The molecule has 0 aliphatic rings. The lowest BCUT2D eigenvalue weighted by atomic mass is 10.2. The van der Waals surface area contributed by atoms with Crippen molar-refractivity contribution in [1.29, 1.82) is 0 Å². The zero-order valence-electron chi connectivity index (χ0n) is 20.4. The van der Waals surface area contributed by atoms with E-state index in [9.17, 15) is 4.79 Å². The highest BCUT2D eigenvalue weighted by Crippen LogP contribution is 2.30. The van der Waals surface area contributed by atoms with E-state index in [2.05, 4.69) is 52.9 Å². The normalized spacial score (nSPS) is 11.6. The van der Waals surface area contributed by atoms with Crippen LogP contribution in [0, 0.1) is 0 Å². The Labute approximate surface area is 258 Å². The standard InChI is InChI=1S/C30H17Br3ClN3O3/c31-20-7-6-18(23(32)14-20)16-39-27-9-5-17(11-24(27)33)15-35-37-29(36-25-4-2-1-3-22(25)30(37)38)28-13-19-12-21(34)8-10-26(19)40-28/h1-15H,16H2. The lowest BCUT2D eigenvalue weighted by molar-refractivity contribution is 0.303. The highest BCUT2D eigenvalue weighted by Gasteiger charge is 2.17. The van der Waals surface area contributed by atoms with Gasteiger partial charge in [0.15, 0.2) is 5.76 Å². The Hall–Kier alpha value is -3.24. The van der Waals surface area contributed by atoms with Gasteiger partial charge in [-0.1, -0.05) is 61.7 Å². The molecule has 0 N–H and O–H groups in total. The van der Waals surface area contributed by atoms with Gasteiger partial charge < -0.3 is 9.15 Å². The smallest absolute Gasteiger partial charge is 0.282 e. The molecule has 0 atom stereocenters. The molecule has 0 radical (unpaired) electrons. The Morgan fingerprint density at radius 2 is 1.80 bits per heavy atom. The maximum Gasteiger partial charge on any atom is 0.282 e. The van der Waals surface area contributed by atoms with E-state index in [0.717, 1.165) is 29.9 Å². The van der Waals surface area contributed by atoms with Gasteiger partial charge in [0, 0.05) is 24.9 Å². The molecule has 2 aromatic heterocycles. The van der Waals surface area contributed by atoms with E-state index in [0.29, 0.717) is 39.6 Å². The lowest BCUT2D eigenvalue weighted by Crippen LogP contribution is -2.20. The van der Waals surface area contributed by atoms with Crippen molar-refractivity contribution in [2.75, 3.05) is 0 Å². The molecule has 40 heavy (non-hydrogen) atoms. The van der Waals surface area contributed by atoms with Crippen molar-refractivity contribution in [2.24, 2.45) is 5.10 Å². The molecule has 0 saturated carbocycles. The summed E-state index contributed by atoms with van der Waals surface area (Å²) >= 11 is 16.8. The average Bonchev–Trinajstić information content (AvgIpc) is 3.36. The molecule has 198 valence electrons. The number of halogens is 4. The number of nitrogens with zero attached hydrogens (tertiary/aromatic N) is 3. The van der Waals surface area contributed by atoms with Crippen molar-refractivity contribution in [3.63, 3.8) is 0 Å². The third-order valence-electron chi connectivity index (χ3n) is 6.13. The van der Waals surface area contributed by atoms with Gasteiger partial charge in [-0.05, 0) is 88.2 Å². The zero-order valence-corrected chi connectivity index (χ0v) is 26.0. The average molecular weight is 743 g/mol.